The Morgan fingerprint density at radius 2 is 0.450 bits per heavy atom. The summed E-state index contributed by atoms with van der Waals surface area (Å²) in [5.74, 6) is -10.8. The second kappa shape index (κ2) is 47.8. The number of rotatable bonds is 14. The van der Waals surface area contributed by atoms with E-state index in [1.807, 2.05) is 70.2 Å². The molecule has 1 unspecified atom stereocenters. The van der Waals surface area contributed by atoms with E-state index in [-0.39, 0.29) is 5.56 Å². The molecule has 796 valence electrons. The van der Waals surface area contributed by atoms with E-state index in [4.69, 9.17) is 0 Å². The van der Waals surface area contributed by atoms with Gasteiger partial charge in [0.25, 0.3) is 0 Å². The normalized spacial score (nSPS) is 12.4. The molecule has 1 atom stereocenters. The fourth-order valence-corrected chi connectivity index (χ4v) is 24.9. The van der Waals surface area contributed by atoms with Crippen LogP contribution in [0.1, 0.15) is 212 Å². The summed E-state index contributed by atoms with van der Waals surface area (Å²) < 4.78 is 278. The molecular weight excluding hydrogens is 1980 g/mol. The molecular formula is C124H136F18O4SSi2. The average molecular weight is 2120 g/mol. The number of sulfone groups is 1. The monoisotopic (exact) mass is 2120 g/mol. The van der Waals surface area contributed by atoms with Gasteiger partial charge in [0, 0.05) is 0 Å². The molecule has 25 heteroatoms. The molecule has 0 heterocycles. The molecule has 0 radical (unpaired) electrons. The smallest absolute Gasteiger partial charge is 0.384 e. The number of aliphatic hydroxyl groups is 2. The first kappa shape index (κ1) is 122. The van der Waals surface area contributed by atoms with Crippen molar-refractivity contribution in [2.45, 2.75) is 276 Å². The van der Waals surface area contributed by atoms with Crippen molar-refractivity contribution < 1.29 is 97.7 Å². The molecule has 0 bridgehead atoms. The lowest BCUT2D eigenvalue weighted by atomic mass is 9.70. The number of hydrogen-bond acceptors (Lipinski definition) is 4. The van der Waals surface area contributed by atoms with E-state index in [0.29, 0.717) is 71.0 Å². The maximum Gasteiger partial charge on any atom is 0.411 e. The maximum absolute atomic E-state index is 14.1. The second-order valence-corrected chi connectivity index (χ2v) is 50.5. The molecule has 0 amide bonds. The van der Waals surface area contributed by atoms with Gasteiger partial charge in [-0.2, -0.15) is 79.0 Å². The standard InChI is InChI=1S/2C19H18F6.C18H18F6Si.C18H24Si.2C17H20O.C16H18O2S/c1-11-5-7-15(9-13(11)3)17(18(20,21)22,19(23,24)25)16-8-6-12(2)14(4)10-16;1-11-8-9-15(10-13(11)3)17(18(20,21)22,19(23,24)25)16-7-5-6-12(2)14(16)4;1-11-5-7-15(9-13(11)3)25(17(19,20)21,18(22,23)24)16-8-6-12(2)14(4)10-16;1-13-7-9-17(11-15(13)3)19(5,6)18-10-8-14(2)16(4)12-18;1-11-5-7-15(9-13(11)3)17(18)16-8-6-12(2)14(4)10-16;1-11-8-9-15(10-13(11)3)17(18)16-7-5-6-12(2)14(16)4;1-11-5-7-15(9-13(11)3)19(17,18)16-8-6-12(2)14(4)10-16/h3*5-10H,1-4H3;7-12H,1-6H3;2*5-10,17-18H,1-4H3;5-10H,1-4H3. The van der Waals surface area contributed by atoms with Crippen LogP contribution in [0.15, 0.2) is 265 Å². The van der Waals surface area contributed by atoms with Crippen molar-refractivity contribution in [2.24, 2.45) is 0 Å². The molecule has 0 saturated heterocycles. The molecule has 0 aromatic heterocycles. The fourth-order valence-electron chi connectivity index (χ4n) is 17.5. The van der Waals surface area contributed by atoms with Gasteiger partial charge in [0.15, 0.2) is 0 Å². The van der Waals surface area contributed by atoms with Gasteiger partial charge in [0.1, 0.15) is 20.3 Å². The summed E-state index contributed by atoms with van der Waals surface area (Å²) in [5.41, 5.74) is 17.5. The summed E-state index contributed by atoms with van der Waals surface area (Å²) in [6, 6.07) is 68.8. The van der Waals surface area contributed by atoms with Crippen LogP contribution < -0.4 is 20.7 Å². The molecule has 0 saturated carbocycles. The summed E-state index contributed by atoms with van der Waals surface area (Å²) in [6.45, 7) is 56.6. The lowest BCUT2D eigenvalue weighted by Crippen LogP contribution is -2.77. The van der Waals surface area contributed by atoms with Crippen LogP contribution in [0.2, 0.25) is 13.1 Å². The molecule has 0 spiro atoms. The predicted octanol–water partition coefficient (Wildman–Crippen LogP) is 32.8. The molecule has 14 aromatic rings. The number of aliphatic hydroxyl groups excluding tert-OH is 2. The molecule has 2 N–H and O–H groups in total. The van der Waals surface area contributed by atoms with E-state index in [2.05, 4.69) is 175 Å². The first-order valence-electron chi connectivity index (χ1n) is 48.7. The predicted molar refractivity (Wildman–Crippen MR) is 576 cm³/mol. The third kappa shape index (κ3) is 26.8. The summed E-state index contributed by atoms with van der Waals surface area (Å²) >= 11 is 0. The Kier molecular flexibility index (Phi) is 39.2. The third-order valence-corrected chi connectivity index (χ3v) is 39.1. The lowest BCUT2D eigenvalue weighted by Gasteiger charge is -2.39. The van der Waals surface area contributed by atoms with Crippen LogP contribution in [0.4, 0.5) is 79.0 Å². The van der Waals surface area contributed by atoms with Crippen molar-refractivity contribution in [3.8, 4) is 0 Å². The molecule has 0 aliphatic heterocycles. The van der Waals surface area contributed by atoms with Crippen LogP contribution in [0.25, 0.3) is 0 Å². The minimum absolute atomic E-state index is 0.0182. The SMILES string of the molecule is Cc1ccc(C(O)c2ccc(C)c(C)c2)cc1C.Cc1ccc(C(O)c2cccc(C)c2C)cc1C.Cc1ccc(C(c2ccc(C)c(C)c2)(C(F)(F)F)C(F)(F)F)cc1C.Cc1ccc(C(c2cccc(C)c2C)(C(F)(F)F)C(F)(F)F)cc1C.Cc1ccc(S(=O)(=O)c2ccc(C)c(C)c2)cc1C.Cc1ccc([Si](C)(C)c2ccc(C)c(C)c2)cc1C.Cc1ccc([Si](c2ccc(C)c(C)c2)(C(F)(F)F)C(F)(F)F)cc1C. The van der Waals surface area contributed by atoms with Gasteiger partial charge < -0.3 is 10.2 Å². The lowest BCUT2D eigenvalue weighted by molar-refractivity contribution is -0.290. The number of hydrogen-bond donors (Lipinski definition) is 2. The number of halogens is 18. The van der Waals surface area contributed by atoms with Gasteiger partial charge in [-0.15, -0.1) is 0 Å². The van der Waals surface area contributed by atoms with Crippen LogP contribution in [0.3, 0.4) is 0 Å². The highest BCUT2D eigenvalue weighted by molar-refractivity contribution is 7.91. The van der Waals surface area contributed by atoms with E-state index in [0.717, 1.165) is 111 Å². The molecule has 0 aliphatic rings. The summed E-state index contributed by atoms with van der Waals surface area (Å²) in [5, 5.41) is 22.6. The van der Waals surface area contributed by atoms with Crippen molar-refractivity contribution in [1.29, 1.82) is 0 Å². The topological polar surface area (TPSA) is 74.6 Å². The van der Waals surface area contributed by atoms with Crippen molar-refractivity contribution in [3.05, 3.63) is 455 Å². The number of aryl methyl sites for hydroxylation is 26. The summed E-state index contributed by atoms with van der Waals surface area (Å²) in [6.07, 6.45) is -23.3. The minimum atomic E-state index is -6.06. The van der Waals surface area contributed by atoms with E-state index in [1.165, 1.54) is 168 Å². The zero-order valence-electron chi connectivity index (χ0n) is 90.3. The molecule has 149 heavy (non-hydrogen) atoms. The van der Waals surface area contributed by atoms with Crippen LogP contribution >= 0.6 is 0 Å². The van der Waals surface area contributed by atoms with Gasteiger partial charge in [-0.1, -0.05) is 254 Å². The van der Waals surface area contributed by atoms with E-state index >= 15 is 0 Å². The van der Waals surface area contributed by atoms with Gasteiger partial charge >= 0.3 is 44.4 Å². The maximum atomic E-state index is 14.1. The molecule has 0 fully saturated rings. The Morgan fingerprint density at radius 3 is 0.718 bits per heavy atom. The largest absolute Gasteiger partial charge is 0.411 e. The molecule has 4 nitrogen and oxygen atoms in total. The second-order valence-electron chi connectivity index (χ2n) is 40.3. The van der Waals surface area contributed by atoms with Crippen molar-refractivity contribution in [2.75, 3.05) is 0 Å². The Labute approximate surface area is 870 Å². The van der Waals surface area contributed by atoms with E-state index in [1.54, 1.807) is 58.9 Å². The highest BCUT2D eigenvalue weighted by atomic mass is 32.2. The molecule has 14 rings (SSSR count). The first-order valence-corrected chi connectivity index (χ1v) is 55.1. The Hall–Kier alpha value is -11.9. The molecule has 0 aliphatic carbocycles. The van der Waals surface area contributed by atoms with E-state index in [9.17, 15) is 97.7 Å². The highest BCUT2D eigenvalue weighted by Gasteiger charge is 2.77. The minimum Gasteiger partial charge on any atom is -0.384 e. The van der Waals surface area contributed by atoms with Gasteiger partial charge in [-0.05, 0) is 429 Å². The average Bonchev–Trinajstić information content (AvgIpc) is 0.713. The quantitative estimate of drug-likeness (QED) is 0.0840. The Morgan fingerprint density at radius 1 is 0.221 bits per heavy atom. The number of benzene rings is 14. The van der Waals surface area contributed by atoms with Crippen molar-refractivity contribution in [1.82, 2.24) is 0 Å². The Balaban J connectivity index is 0.000000213. The van der Waals surface area contributed by atoms with Crippen molar-refractivity contribution in [3.63, 3.8) is 0 Å². The zero-order chi connectivity index (χ0) is 113. The highest BCUT2D eigenvalue weighted by Crippen LogP contribution is 2.59. The van der Waals surface area contributed by atoms with Crippen LogP contribution in [-0.2, 0) is 20.7 Å². The van der Waals surface area contributed by atoms with E-state index < -0.39 is 118 Å². The van der Waals surface area contributed by atoms with Gasteiger partial charge in [0.2, 0.25) is 20.7 Å². The fraction of sp³-hybridized carbons (Fsp3) is 0.323. The van der Waals surface area contributed by atoms with Crippen LogP contribution in [0, 0.1) is 194 Å². The van der Waals surface area contributed by atoms with Gasteiger partial charge in [-0.25, -0.2) is 8.42 Å². The summed E-state index contributed by atoms with van der Waals surface area (Å²) in [7, 11) is -11.0. The summed E-state index contributed by atoms with van der Waals surface area (Å²) in [4.78, 5) is 0.720. The zero-order valence-corrected chi connectivity index (χ0v) is 93.1. The third-order valence-electron chi connectivity index (χ3n) is 29.8. The van der Waals surface area contributed by atoms with Crippen LogP contribution in [-0.4, -0.2) is 71.1 Å². The van der Waals surface area contributed by atoms with Gasteiger partial charge in [0.05, 0.1) is 9.79 Å². The van der Waals surface area contributed by atoms with Gasteiger partial charge in [-0.3, -0.25) is 0 Å². The van der Waals surface area contributed by atoms with Crippen LogP contribution in [0.5, 0.6) is 0 Å². The number of alkyl halides is 18. The first-order chi connectivity index (χ1) is 68.6. The Bertz CT molecular complexity index is 6810. The van der Waals surface area contributed by atoms with Crippen molar-refractivity contribution >= 4 is 46.7 Å². The molecule has 14 aromatic carbocycles.